The van der Waals surface area contributed by atoms with Gasteiger partial charge in [0, 0.05) is 29.4 Å². The molecule has 2 rings (SSSR count). The van der Waals surface area contributed by atoms with Gasteiger partial charge in [0.2, 0.25) is 11.8 Å². The van der Waals surface area contributed by atoms with Crippen molar-refractivity contribution in [1.29, 1.82) is 0 Å². The third kappa shape index (κ3) is 4.33. The summed E-state index contributed by atoms with van der Waals surface area (Å²) in [5.41, 5.74) is 2.53. The summed E-state index contributed by atoms with van der Waals surface area (Å²) in [5, 5.41) is 5.69. The molecule has 5 heteroatoms. The van der Waals surface area contributed by atoms with Gasteiger partial charge in [0.05, 0.1) is 5.69 Å². The highest BCUT2D eigenvalue weighted by Gasteiger charge is 2.17. The zero-order valence-electron chi connectivity index (χ0n) is 11.7. The van der Waals surface area contributed by atoms with E-state index in [1.165, 1.54) is 0 Å². The number of unbranched alkanes of at least 4 members (excludes halogenated alkanes) is 2. The van der Waals surface area contributed by atoms with Crippen LogP contribution in [-0.4, -0.2) is 11.8 Å². The van der Waals surface area contributed by atoms with Crippen molar-refractivity contribution in [3.63, 3.8) is 0 Å². The number of carbonyl (C=O) groups excluding carboxylic acids is 2. The lowest BCUT2D eigenvalue weighted by atomic mass is 10.0. The van der Waals surface area contributed by atoms with E-state index in [1.807, 2.05) is 6.07 Å². The minimum absolute atomic E-state index is 0.0105. The molecule has 0 aliphatic carbocycles. The molecular formula is C16H17BrN2O2. The third-order valence-electron chi connectivity index (χ3n) is 3.34. The fraction of sp³-hybridized carbons (Fsp3) is 0.375. The second-order valence-electron chi connectivity index (χ2n) is 5.00. The molecule has 110 valence electrons. The van der Waals surface area contributed by atoms with Crippen molar-refractivity contribution in [2.75, 3.05) is 10.6 Å². The van der Waals surface area contributed by atoms with Crippen LogP contribution in [0.3, 0.4) is 0 Å². The Labute approximate surface area is 132 Å². The number of halogens is 1. The topological polar surface area (TPSA) is 58.2 Å². The molecule has 0 saturated carbocycles. The summed E-state index contributed by atoms with van der Waals surface area (Å²) < 4.78 is 0.828. The Kier molecular flexibility index (Phi) is 5.40. The third-order valence-corrected chi connectivity index (χ3v) is 3.99. The second-order valence-corrected chi connectivity index (χ2v) is 5.85. The number of aryl methyl sites for hydroxylation is 1. The molecule has 1 aromatic carbocycles. The molecular weight excluding hydrogens is 332 g/mol. The molecule has 0 fully saturated rings. The van der Waals surface area contributed by atoms with Crippen LogP contribution < -0.4 is 10.6 Å². The van der Waals surface area contributed by atoms with Gasteiger partial charge in [-0.3, -0.25) is 9.59 Å². The average Bonchev–Trinajstić information content (AvgIpc) is 2.45. The molecule has 2 amide bonds. The van der Waals surface area contributed by atoms with Gasteiger partial charge in [-0.2, -0.15) is 0 Å². The molecule has 1 aliphatic heterocycles. The van der Waals surface area contributed by atoms with E-state index in [-0.39, 0.29) is 11.8 Å². The molecule has 21 heavy (non-hydrogen) atoms. The van der Waals surface area contributed by atoms with Crippen LogP contribution in [0.2, 0.25) is 0 Å². The van der Waals surface area contributed by atoms with Crippen LogP contribution in [0.25, 0.3) is 0 Å². The zero-order chi connectivity index (χ0) is 15.2. The lowest BCUT2D eigenvalue weighted by molar-refractivity contribution is -0.117. The Balaban J connectivity index is 2.00. The van der Waals surface area contributed by atoms with E-state index in [1.54, 1.807) is 6.07 Å². The van der Waals surface area contributed by atoms with Gasteiger partial charge in [0.1, 0.15) is 0 Å². The molecule has 0 aromatic heterocycles. The number of anilines is 2. The number of amides is 2. The lowest BCUT2D eigenvalue weighted by Crippen LogP contribution is -2.19. The van der Waals surface area contributed by atoms with Crippen LogP contribution in [0.15, 0.2) is 16.6 Å². The van der Waals surface area contributed by atoms with Crippen molar-refractivity contribution < 1.29 is 9.59 Å². The highest BCUT2D eigenvalue weighted by molar-refractivity contribution is 9.10. The Morgan fingerprint density at radius 3 is 2.95 bits per heavy atom. The smallest absolute Gasteiger partial charge is 0.224 e. The van der Waals surface area contributed by atoms with Gasteiger partial charge >= 0.3 is 0 Å². The fourth-order valence-corrected chi connectivity index (χ4v) is 2.71. The average molecular weight is 349 g/mol. The minimum Gasteiger partial charge on any atom is -0.326 e. The van der Waals surface area contributed by atoms with Crippen molar-refractivity contribution in [3.05, 3.63) is 22.2 Å². The number of hydrogen-bond acceptors (Lipinski definition) is 2. The van der Waals surface area contributed by atoms with Gasteiger partial charge in [-0.25, -0.2) is 0 Å². The molecule has 1 heterocycles. The standard InChI is InChI=1S/C16H17BrN2O2/c1-2-3-4-5-6-15(20)19-14-10-13-11(9-12(14)17)7-8-16(21)18-13/h1,9-10H,3-8H2,(H,18,21)(H,19,20). The predicted octanol–water partition coefficient (Wildman–Crippen LogP) is 3.47. The summed E-state index contributed by atoms with van der Waals surface area (Å²) in [4.78, 5) is 23.3. The lowest BCUT2D eigenvalue weighted by Gasteiger charge is -2.19. The van der Waals surface area contributed by atoms with Gasteiger partial charge < -0.3 is 10.6 Å². The van der Waals surface area contributed by atoms with E-state index in [0.717, 1.165) is 35.0 Å². The normalized spacial score (nSPS) is 13.0. The van der Waals surface area contributed by atoms with Gasteiger partial charge in [-0.1, -0.05) is 0 Å². The first-order valence-corrected chi connectivity index (χ1v) is 7.75. The molecule has 1 aliphatic rings. The largest absolute Gasteiger partial charge is 0.326 e. The second kappa shape index (κ2) is 7.28. The zero-order valence-corrected chi connectivity index (χ0v) is 13.3. The SMILES string of the molecule is C#CCCCCC(=O)Nc1cc2c(cc1Br)CCC(=O)N2. The van der Waals surface area contributed by atoms with Crippen LogP contribution in [0.5, 0.6) is 0 Å². The first-order valence-electron chi connectivity index (χ1n) is 6.95. The van der Waals surface area contributed by atoms with E-state index < -0.39 is 0 Å². The van der Waals surface area contributed by atoms with Crippen LogP contribution in [0.4, 0.5) is 11.4 Å². The van der Waals surface area contributed by atoms with E-state index >= 15 is 0 Å². The summed E-state index contributed by atoms with van der Waals surface area (Å²) in [6.07, 6.45) is 9.16. The van der Waals surface area contributed by atoms with Gasteiger partial charge in [0.25, 0.3) is 0 Å². The molecule has 0 atom stereocenters. The van der Waals surface area contributed by atoms with Crippen molar-refractivity contribution in [3.8, 4) is 12.3 Å². The number of rotatable bonds is 5. The Bertz CT molecular complexity index is 605. The summed E-state index contributed by atoms with van der Waals surface area (Å²) in [6, 6.07) is 3.75. The highest BCUT2D eigenvalue weighted by atomic mass is 79.9. The number of carbonyl (C=O) groups is 2. The van der Waals surface area contributed by atoms with Gasteiger partial charge in [-0.15, -0.1) is 12.3 Å². The van der Waals surface area contributed by atoms with E-state index in [0.29, 0.717) is 24.9 Å². The Morgan fingerprint density at radius 2 is 2.19 bits per heavy atom. The summed E-state index contributed by atoms with van der Waals surface area (Å²) in [6.45, 7) is 0. The van der Waals surface area contributed by atoms with Gasteiger partial charge in [-0.05, 0) is 52.9 Å². The number of benzene rings is 1. The molecule has 0 radical (unpaired) electrons. The molecule has 0 saturated heterocycles. The monoisotopic (exact) mass is 348 g/mol. The number of terminal acetylenes is 1. The van der Waals surface area contributed by atoms with E-state index in [4.69, 9.17) is 6.42 Å². The summed E-state index contributed by atoms with van der Waals surface area (Å²) >= 11 is 3.46. The highest BCUT2D eigenvalue weighted by Crippen LogP contribution is 2.32. The van der Waals surface area contributed by atoms with Crippen LogP contribution >= 0.6 is 15.9 Å². The van der Waals surface area contributed by atoms with Crippen molar-refractivity contribution >= 4 is 39.1 Å². The quantitative estimate of drug-likeness (QED) is 0.632. The molecule has 0 unspecified atom stereocenters. The maximum Gasteiger partial charge on any atom is 0.224 e. The molecule has 1 aromatic rings. The van der Waals surface area contributed by atoms with Crippen molar-refractivity contribution in [2.45, 2.75) is 38.5 Å². The van der Waals surface area contributed by atoms with Crippen LogP contribution in [0, 0.1) is 12.3 Å². The van der Waals surface area contributed by atoms with Crippen LogP contribution in [-0.2, 0) is 16.0 Å². The van der Waals surface area contributed by atoms with E-state index in [2.05, 4.69) is 32.5 Å². The summed E-state index contributed by atoms with van der Waals surface area (Å²) in [7, 11) is 0. The molecule has 4 nitrogen and oxygen atoms in total. The van der Waals surface area contributed by atoms with Crippen LogP contribution in [0.1, 0.15) is 37.7 Å². The Hall–Kier alpha value is -1.80. The Morgan fingerprint density at radius 1 is 1.38 bits per heavy atom. The maximum absolute atomic E-state index is 11.9. The first kappa shape index (κ1) is 15.6. The number of nitrogens with one attached hydrogen (secondary N) is 2. The molecule has 0 bridgehead atoms. The minimum atomic E-state index is -0.0465. The first-order chi connectivity index (χ1) is 10.1. The predicted molar refractivity (Wildman–Crippen MR) is 87.0 cm³/mol. The van der Waals surface area contributed by atoms with E-state index in [9.17, 15) is 9.59 Å². The van der Waals surface area contributed by atoms with Crippen molar-refractivity contribution in [1.82, 2.24) is 0 Å². The number of fused-ring (bicyclic) bond motifs is 1. The fourth-order valence-electron chi connectivity index (χ4n) is 2.22. The molecule has 2 N–H and O–H groups in total. The molecule has 0 spiro atoms. The van der Waals surface area contributed by atoms with Gasteiger partial charge in [0.15, 0.2) is 0 Å². The summed E-state index contributed by atoms with van der Waals surface area (Å²) in [5.74, 6) is 2.52. The van der Waals surface area contributed by atoms with Crippen molar-refractivity contribution in [2.24, 2.45) is 0 Å². The maximum atomic E-state index is 11.9. The number of hydrogen-bond donors (Lipinski definition) is 2.